The molecule has 0 saturated heterocycles. The van der Waals surface area contributed by atoms with E-state index in [2.05, 4.69) is 5.32 Å². The highest BCUT2D eigenvalue weighted by Crippen LogP contribution is 2.12. The molecule has 2 atom stereocenters. The number of hydrogen-bond acceptors (Lipinski definition) is 6. The van der Waals surface area contributed by atoms with Crippen LogP contribution in [-0.2, 0) is 33.8 Å². The number of nitrogens with one attached hydrogen (secondary N) is 1. The van der Waals surface area contributed by atoms with Gasteiger partial charge in [0.05, 0.1) is 17.6 Å². The third kappa shape index (κ3) is 7.29. The van der Waals surface area contributed by atoms with E-state index in [4.69, 9.17) is 10.5 Å². The van der Waals surface area contributed by atoms with E-state index in [0.29, 0.717) is 17.4 Å². The Morgan fingerprint density at radius 2 is 1.61 bits per heavy atom. The van der Waals surface area contributed by atoms with E-state index in [1.165, 1.54) is 12.1 Å². The van der Waals surface area contributed by atoms with Crippen LogP contribution >= 0.6 is 0 Å². The lowest BCUT2D eigenvalue weighted by molar-refractivity contribution is -0.125. The van der Waals surface area contributed by atoms with Crippen LogP contribution in [0.2, 0.25) is 0 Å². The normalized spacial score (nSPS) is 12.4. The van der Waals surface area contributed by atoms with Crippen LogP contribution in [0.5, 0.6) is 5.75 Å². The number of rotatable bonds is 10. The largest absolute Gasteiger partial charge is 0.508 e. The van der Waals surface area contributed by atoms with Crippen molar-refractivity contribution in [2.45, 2.75) is 31.5 Å². The molecule has 0 heterocycles. The Kier molecular flexibility index (Phi) is 8.32. The molecular weight excluding hydrogens is 420 g/mol. The molecule has 0 fully saturated rings. The first-order valence-corrected chi connectivity index (χ1v) is 10.5. The Morgan fingerprint density at radius 1 is 0.909 bits per heavy atom. The van der Waals surface area contributed by atoms with Crippen molar-refractivity contribution in [1.29, 1.82) is 0 Å². The molecular formula is C26H26N2O5. The van der Waals surface area contributed by atoms with Crippen LogP contribution in [0.3, 0.4) is 0 Å². The summed E-state index contributed by atoms with van der Waals surface area (Å²) >= 11 is 0. The van der Waals surface area contributed by atoms with Gasteiger partial charge >= 0.3 is 5.97 Å². The summed E-state index contributed by atoms with van der Waals surface area (Å²) in [4.78, 5) is 36.3. The van der Waals surface area contributed by atoms with E-state index >= 15 is 0 Å². The van der Waals surface area contributed by atoms with Crippen molar-refractivity contribution >= 4 is 18.2 Å². The van der Waals surface area contributed by atoms with Gasteiger partial charge in [0.15, 0.2) is 0 Å². The molecule has 0 radical (unpaired) electrons. The molecule has 0 spiro atoms. The molecule has 0 unspecified atom stereocenters. The molecule has 0 bridgehead atoms. The lowest BCUT2D eigenvalue weighted by Gasteiger charge is -2.17. The number of aromatic hydroxyl groups is 1. The molecule has 7 heteroatoms. The van der Waals surface area contributed by atoms with Gasteiger partial charge in [0.25, 0.3) is 0 Å². The minimum atomic E-state index is -0.900. The summed E-state index contributed by atoms with van der Waals surface area (Å²) in [5.41, 5.74) is 8.80. The quantitative estimate of drug-likeness (QED) is 0.325. The van der Waals surface area contributed by atoms with Crippen molar-refractivity contribution < 1.29 is 24.2 Å². The summed E-state index contributed by atoms with van der Waals surface area (Å²) in [6.45, 7) is 0.167. The predicted molar refractivity (Wildman–Crippen MR) is 123 cm³/mol. The number of phenolic OH excluding ortho intramolecular Hbond substituents is 1. The van der Waals surface area contributed by atoms with Crippen LogP contribution in [-0.4, -0.2) is 35.4 Å². The molecule has 3 aromatic carbocycles. The maximum absolute atomic E-state index is 12.5. The smallest absolute Gasteiger partial charge is 0.338 e. The van der Waals surface area contributed by atoms with Gasteiger partial charge in [-0.3, -0.25) is 4.79 Å². The number of hydrogen-bond donors (Lipinski definition) is 3. The van der Waals surface area contributed by atoms with Gasteiger partial charge in [-0.15, -0.1) is 0 Å². The van der Waals surface area contributed by atoms with Crippen LogP contribution in [0.25, 0.3) is 0 Å². The van der Waals surface area contributed by atoms with Gasteiger partial charge in [-0.25, -0.2) is 4.79 Å². The minimum Gasteiger partial charge on any atom is -0.508 e. The fraction of sp³-hybridized carbons (Fsp3) is 0.192. The maximum atomic E-state index is 12.5. The van der Waals surface area contributed by atoms with Crippen LogP contribution in [0.1, 0.15) is 27.0 Å². The molecule has 0 aliphatic heterocycles. The average molecular weight is 447 g/mol. The number of carbonyl (C=O) groups is 3. The van der Waals surface area contributed by atoms with E-state index in [9.17, 15) is 19.5 Å². The van der Waals surface area contributed by atoms with Crippen LogP contribution in [0, 0.1) is 0 Å². The van der Waals surface area contributed by atoms with E-state index in [-0.39, 0.29) is 25.2 Å². The van der Waals surface area contributed by atoms with Crippen molar-refractivity contribution in [2.24, 2.45) is 5.73 Å². The number of aldehydes is 1. The number of benzene rings is 3. The number of phenols is 1. The molecule has 0 aliphatic rings. The van der Waals surface area contributed by atoms with Gasteiger partial charge in [-0.1, -0.05) is 54.6 Å². The Labute approximate surface area is 192 Å². The molecule has 3 aromatic rings. The third-order valence-electron chi connectivity index (χ3n) is 5.05. The first kappa shape index (κ1) is 23.7. The van der Waals surface area contributed by atoms with Crippen LogP contribution in [0.4, 0.5) is 0 Å². The average Bonchev–Trinajstić information content (AvgIpc) is 2.84. The van der Waals surface area contributed by atoms with Gasteiger partial charge < -0.3 is 25.7 Å². The SMILES string of the molecule is N[C@@H](Cc1cccc(C(=O)OCc2ccccc2)c1)C(=O)N[C@H](C=O)Cc1ccc(O)cc1. The Hall–Kier alpha value is -3.97. The molecule has 1 amide bonds. The molecule has 4 N–H and O–H groups in total. The zero-order valence-electron chi connectivity index (χ0n) is 18.0. The fourth-order valence-corrected chi connectivity index (χ4v) is 3.29. The minimum absolute atomic E-state index is 0.124. The Morgan fingerprint density at radius 3 is 2.30 bits per heavy atom. The zero-order valence-corrected chi connectivity index (χ0v) is 18.0. The number of ether oxygens (including phenoxy) is 1. The molecule has 0 aromatic heterocycles. The van der Waals surface area contributed by atoms with Crippen LogP contribution in [0.15, 0.2) is 78.9 Å². The lowest BCUT2D eigenvalue weighted by atomic mass is 10.0. The highest BCUT2D eigenvalue weighted by molar-refractivity contribution is 5.89. The third-order valence-corrected chi connectivity index (χ3v) is 5.05. The second-order valence-corrected chi connectivity index (χ2v) is 7.69. The van der Waals surface area contributed by atoms with Crippen molar-refractivity contribution in [3.05, 3.63) is 101 Å². The molecule has 33 heavy (non-hydrogen) atoms. The number of carbonyl (C=O) groups excluding carboxylic acids is 3. The summed E-state index contributed by atoms with van der Waals surface area (Å²) in [5, 5.41) is 12.0. The highest BCUT2D eigenvalue weighted by Gasteiger charge is 2.19. The molecule has 7 nitrogen and oxygen atoms in total. The number of esters is 1. The van der Waals surface area contributed by atoms with E-state index in [0.717, 1.165) is 11.1 Å². The maximum Gasteiger partial charge on any atom is 0.338 e. The molecule has 170 valence electrons. The monoisotopic (exact) mass is 446 g/mol. The topological polar surface area (TPSA) is 119 Å². The summed E-state index contributed by atoms with van der Waals surface area (Å²) in [6, 6.07) is 20.9. The second-order valence-electron chi connectivity index (χ2n) is 7.69. The van der Waals surface area contributed by atoms with E-state index in [1.54, 1.807) is 36.4 Å². The van der Waals surface area contributed by atoms with Gasteiger partial charge in [0, 0.05) is 0 Å². The highest BCUT2D eigenvalue weighted by atomic mass is 16.5. The van der Waals surface area contributed by atoms with Crippen molar-refractivity contribution in [3.8, 4) is 5.75 Å². The van der Waals surface area contributed by atoms with Crippen molar-refractivity contribution in [1.82, 2.24) is 5.32 Å². The summed E-state index contributed by atoms with van der Waals surface area (Å²) < 4.78 is 5.35. The second kappa shape index (κ2) is 11.6. The van der Waals surface area contributed by atoms with Crippen LogP contribution < -0.4 is 11.1 Å². The Balaban J connectivity index is 1.54. The predicted octanol–water partition coefficient (Wildman–Crippen LogP) is 2.55. The first-order valence-electron chi connectivity index (χ1n) is 10.5. The lowest BCUT2D eigenvalue weighted by Crippen LogP contribution is -2.47. The van der Waals surface area contributed by atoms with E-state index < -0.39 is 24.0 Å². The Bertz CT molecular complexity index is 1080. The van der Waals surface area contributed by atoms with E-state index in [1.807, 2.05) is 30.3 Å². The van der Waals surface area contributed by atoms with Gasteiger partial charge in [0.1, 0.15) is 18.6 Å². The molecule has 3 rings (SSSR count). The molecule has 0 aliphatic carbocycles. The van der Waals surface area contributed by atoms with Gasteiger partial charge in [0.2, 0.25) is 5.91 Å². The fourth-order valence-electron chi connectivity index (χ4n) is 3.29. The van der Waals surface area contributed by atoms with Gasteiger partial charge in [-0.2, -0.15) is 0 Å². The zero-order chi connectivity index (χ0) is 23.6. The van der Waals surface area contributed by atoms with Crippen molar-refractivity contribution in [2.75, 3.05) is 0 Å². The first-order chi connectivity index (χ1) is 15.9. The molecule has 0 saturated carbocycles. The number of amides is 1. The standard InChI is InChI=1S/C26H26N2O5/c27-24(25(31)28-22(16-29)14-18-9-11-23(30)12-10-18)15-20-7-4-8-21(13-20)26(32)33-17-19-5-2-1-3-6-19/h1-13,16,22,24,30H,14-15,17,27H2,(H,28,31)/t22-,24-/m0/s1. The number of nitrogens with two attached hydrogens (primary N) is 1. The van der Waals surface area contributed by atoms with Gasteiger partial charge in [-0.05, 0) is 53.8 Å². The summed E-state index contributed by atoms with van der Waals surface area (Å²) in [5.74, 6) is -0.810. The summed E-state index contributed by atoms with van der Waals surface area (Å²) in [7, 11) is 0. The summed E-state index contributed by atoms with van der Waals surface area (Å²) in [6.07, 6.45) is 1.13. The van der Waals surface area contributed by atoms with Crippen molar-refractivity contribution in [3.63, 3.8) is 0 Å².